The van der Waals surface area contributed by atoms with E-state index in [1.807, 2.05) is 63.8 Å². The van der Waals surface area contributed by atoms with Gasteiger partial charge in [0.1, 0.15) is 13.2 Å². The van der Waals surface area contributed by atoms with Crippen molar-refractivity contribution < 1.29 is 29.3 Å². The van der Waals surface area contributed by atoms with Crippen LogP contribution in [0.3, 0.4) is 0 Å². The van der Waals surface area contributed by atoms with Crippen LogP contribution in [0.2, 0.25) is 0 Å². The normalized spacial score (nSPS) is 12.9. The predicted octanol–water partition coefficient (Wildman–Crippen LogP) is 19.2. The van der Waals surface area contributed by atoms with E-state index in [-0.39, 0.29) is 111 Å². The molecule has 135 heavy (non-hydrogen) atoms. The molecule has 8 atom stereocenters. The van der Waals surface area contributed by atoms with Gasteiger partial charge in [0.15, 0.2) is 22.6 Å². The molecule has 0 aliphatic heterocycles. The third-order valence-electron chi connectivity index (χ3n) is 25.3. The number of pyridine rings is 4. The summed E-state index contributed by atoms with van der Waals surface area (Å²) in [4.78, 5) is 46.3. The molecule has 6 N–H and O–H groups in total. The summed E-state index contributed by atoms with van der Waals surface area (Å²) in [7, 11) is 6.81. The monoisotopic (exact) mass is 2010 g/mol. The summed E-state index contributed by atoms with van der Waals surface area (Å²) in [5, 5.41) is 55.6. The maximum atomic E-state index is 12.2. The van der Waals surface area contributed by atoms with Crippen LogP contribution in [0.15, 0.2) is 267 Å². The molecule has 0 aliphatic rings. The van der Waals surface area contributed by atoms with E-state index in [9.17, 15) is 30.6 Å². The van der Waals surface area contributed by atoms with Crippen LogP contribution in [0.25, 0.3) is 44.7 Å². The molecule has 2 amide bonds. The molecule has 24 nitrogen and oxygen atoms in total. The van der Waals surface area contributed by atoms with E-state index in [1.165, 1.54) is 76.6 Å². The second-order valence-corrected chi connectivity index (χ2v) is 35.1. The van der Waals surface area contributed by atoms with Gasteiger partial charge in [0, 0.05) is 66.2 Å². The van der Waals surface area contributed by atoms with Gasteiger partial charge in [-0.25, -0.2) is 19.9 Å². The molecule has 0 saturated carbocycles. The molecule has 16 aromatic rings. The van der Waals surface area contributed by atoms with Gasteiger partial charge in [0.2, 0.25) is 34.3 Å². The number of carbonyl (C=O) groups excluding carboxylic acids is 2. The molecule has 16 rings (SSSR count). The Labute approximate surface area is 822 Å². The van der Waals surface area contributed by atoms with Crippen LogP contribution >= 0.6 is 50.9 Å². The average Bonchev–Trinajstić information content (AvgIpc) is 1.62. The summed E-state index contributed by atoms with van der Waals surface area (Å²) >= 11 is 0. The molecule has 0 aliphatic carbocycles. The molecule has 27 heteroatoms. The highest BCUT2D eigenvalue weighted by Gasteiger charge is 2.31. The first kappa shape index (κ1) is 105. The van der Waals surface area contributed by atoms with Crippen molar-refractivity contribution in [1.29, 1.82) is 21.6 Å². The number of benzene rings is 8. The third kappa shape index (κ3) is 24.7. The summed E-state index contributed by atoms with van der Waals surface area (Å²) in [5.74, 6) is -0.702. The first-order chi connectivity index (χ1) is 63.6. The van der Waals surface area contributed by atoms with Gasteiger partial charge >= 0.3 is 0 Å². The highest BCUT2D eigenvalue weighted by Crippen LogP contribution is 2.32. The van der Waals surface area contributed by atoms with E-state index < -0.39 is 13.2 Å². The molecular formula is C108H129Br3N18O6. The van der Waals surface area contributed by atoms with Crippen molar-refractivity contribution in [2.24, 2.45) is 0 Å². The summed E-state index contributed by atoms with van der Waals surface area (Å²) < 4.78 is 27.2. The number of nitrogens with zero attached hydrogens (tertiary/aromatic N) is 14. The molecule has 708 valence electrons. The first-order valence-electron chi connectivity index (χ1n) is 45.2. The number of imidazole rings is 4. The molecule has 8 heterocycles. The van der Waals surface area contributed by atoms with Crippen molar-refractivity contribution >= 4 is 107 Å². The molecule has 0 radical (unpaired) electrons. The number of ether oxygens (including phenoxy) is 2. The molecule has 0 saturated heterocycles. The average molecular weight is 2020 g/mol. The van der Waals surface area contributed by atoms with E-state index in [2.05, 4.69) is 318 Å². The fraction of sp³-hybridized carbons (Fsp3) is 0.315. The standard InChI is InChI=1S/2C28H33N5O2.2C26H30N4O.3BrH/c2*1-19-7-11-22(12-8-19)16-24(17-31(4)26(35)18-34)33-27-25(6-5-15-30-27)32(28(33)29)21(3)23-13-9-20(2)10-14-23;2*1-18-7-11-21(12-8-18)16-23(17-31-4)30-25-24(6-5-15-28-25)29(26(30)27)20(3)22-13-9-19(2)10-14-22;;;/h2*5-15,21,24,29,34H,16-18H2,1-4H3;2*5-15,20,23,27H,16-17H2,1-4H3;3*1H/t;;2*20?,23-;;;/m..00.../s1. The van der Waals surface area contributed by atoms with Crippen molar-refractivity contribution in [2.75, 3.05) is 67.8 Å². The fourth-order valence-electron chi connectivity index (χ4n) is 17.7. The minimum atomic E-state index is -0.545. The van der Waals surface area contributed by atoms with Crippen molar-refractivity contribution in [2.45, 2.75) is 157 Å². The van der Waals surface area contributed by atoms with Crippen LogP contribution in [-0.2, 0) is 44.7 Å². The lowest BCUT2D eigenvalue weighted by Crippen LogP contribution is -2.39. The van der Waals surface area contributed by atoms with Crippen LogP contribution in [0.1, 0.15) is 165 Å². The van der Waals surface area contributed by atoms with Gasteiger partial charge in [0.05, 0.1) is 83.6 Å². The number of carbonyl (C=O) groups is 2. The molecule has 8 aromatic carbocycles. The Balaban J connectivity index is 0.000000185. The molecule has 0 bridgehead atoms. The number of aromatic nitrogens is 12. The maximum absolute atomic E-state index is 12.2. The molecule has 0 spiro atoms. The van der Waals surface area contributed by atoms with Crippen LogP contribution in [-0.4, -0.2) is 156 Å². The number of methoxy groups -OCH3 is 2. The van der Waals surface area contributed by atoms with Crippen molar-refractivity contribution in [3.05, 3.63) is 379 Å². The van der Waals surface area contributed by atoms with Gasteiger partial charge < -0.3 is 47.8 Å². The van der Waals surface area contributed by atoms with Gasteiger partial charge in [-0.1, -0.05) is 239 Å². The lowest BCUT2D eigenvalue weighted by Gasteiger charge is -2.25. The minimum Gasteiger partial charge on any atom is -0.387 e. The lowest BCUT2D eigenvalue weighted by molar-refractivity contribution is -0.134. The lowest BCUT2D eigenvalue weighted by atomic mass is 10.0. The summed E-state index contributed by atoms with van der Waals surface area (Å²) in [5.41, 5.74) is 27.2. The van der Waals surface area contributed by atoms with Crippen LogP contribution in [0.4, 0.5) is 0 Å². The second kappa shape index (κ2) is 48.2. The Hall–Kier alpha value is -12.3. The van der Waals surface area contributed by atoms with Crippen molar-refractivity contribution in [1.82, 2.24) is 66.3 Å². The number of nitrogens with one attached hydrogen (secondary N) is 4. The van der Waals surface area contributed by atoms with Gasteiger partial charge in [-0.05, 0) is 202 Å². The Morgan fingerprint density at radius 1 is 0.304 bits per heavy atom. The number of fused-ring (bicyclic) bond motifs is 4. The number of rotatable bonds is 30. The number of halogens is 3. The molecule has 6 unspecified atom stereocenters. The van der Waals surface area contributed by atoms with Crippen molar-refractivity contribution in [3.8, 4) is 0 Å². The zero-order valence-electron chi connectivity index (χ0n) is 80.1. The van der Waals surface area contributed by atoms with Gasteiger partial charge in [0.25, 0.3) is 0 Å². The Morgan fingerprint density at radius 2 is 0.489 bits per heavy atom. The molecule has 0 fully saturated rings. The van der Waals surface area contributed by atoms with E-state index >= 15 is 0 Å². The predicted molar refractivity (Wildman–Crippen MR) is 554 cm³/mol. The highest BCUT2D eigenvalue weighted by molar-refractivity contribution is 8.93. The smallest absolute Gasteiger partial charge is 0.248 e. The summed E-state index contributed by atoms with van der Waals surface area (Å²) in [6, 6.07) is 82.7. The number of likely N-dealkylation sites (N-methyl/N-ethyl adjacent to an activating group) is 2. The zero-order chi connectivity index (χ0) is 94.1. The van der Waals surface area contributed by atoms with E-state index in [4.69, 9.17) is 20.3 Å². The largest absolute Gasteiger partial charge is 0.387 e. The van der Waals surface area contributed by atoms with Crippen LogP contribution in [0.5, 0.6) is 0 Å². The number of aliphatic hydroxyl groups is 2. The molecule has 8 aromatic heterocycles. The quantitative estimate of drug-likeness (QED) is 0.0247. The molecular weight excluding hydrogens is 1890 g/mol. The number of hydrogen-bond donors (Lipinski definition) is 6. The summed E-state index contributed by atoms with van der Waals surface area (Å²) in [6.45, 7) is 25.7. The topological polar surface area (TPSA) is 286 Å². The fourth-order valence-corrected chi connectivity index (χ4v) is 17.7. The van der Waals surface area contributed by atoms with Gasteiger partial charge in [-0.15, -0.1) is 50.9 Å². The summed E-state index contributed by atoms with van der Waals surface area (Å²) in [6.07, 6.45) is 9.88. The highest BCUT2D eigenvalue weighted by atomic mass is 79.9. The van der Waals surface area contributed by atoms with Gasteiger partial charge in [-0.2, -0.15) is 0 Å². The Morgan fingerprint density at radius 3 is 0.681 bits per heavy atom. The zero-order valence-corrected chi connectivity index (χ0v) is 85.2. The third-order valence-corrected chi connectivity index (χ3v) is 25.3. The Bertz CT molecular complexity index is 6430. The van der Waals surface area contributed by atoms with E-state index in [0.717, 1.165) is 68.5 Å². The second-order valence-electron chi connectivity index (χ2n) is 35.1. The van der Waals surface area contributed by atoms with Crippen LogP contribution < -0.4 is 22.5 Å². The number of aliphatic hydroxyl groups excluding tert-OH is 2. The number of hydrogen-bond acceptors (Lipinski definition) is 14. The first-order valence-corrected chi connectivity index (χ1v) is 45.2. The minimum absolute atomic E-state index is 0. The maximum Gasteiger partial charge on any atom is 0.248 e. The van der Waals surface area contributed by atoms with Crippen molar-refractivity contribution in [3.63, 3.8) is 0 Å². The Kier molecular flexibility index (Phi) is 37.4. The number of amides is 2. The van der Waals surface area contributed by atoms with Crippen LogP contribution in [0, 0.1) is 77.0 Å². The van der Waals surface area contributed by atoms with E-state index in [0.29, 0.717) is 72.9 Å². The van der Waals surface area contributed by atoms with E-state index in [1.54, 1.807) is 53.1 Å². The van der Waals surface area contributed by atoms with Gasteiger partial charge in [-0.3, -0.25) is 49.5 Å². The number of aryl methyl sites for hydroxylation is 8. The SMILES string of the molecule is Br.Br.Br.COC[C@H](Cc1ccc(C)cc1)n1c(=N)n(C(C)c2ccc(C)cc2)c2cccnc21.COC[C@H](Cc1ccc(C)cc1)n1c(=N)n(C(C)c2ccc(C)cc2)c2cccnc21.Cc1ccc(CC(CN(C)C(=O)CO)n2c(=N)n(C(C)c3ccc(C)cc3)c3cccnc32)cc1.Cc1ccc(CC(CN(C)C(=O)CO)n2c(=N)n(C(C)c3ccc(C)cc3)c3cccnc32)cc1.